The molecule has 18 heavy (non-hydrogen) atoms. The van der Waals surface area contributed by atoms with Crippen LogP contribution < -0.4 is 10.5 Å². The van der Waals surface area contributed by atoms with Crippen molar-refractivity contribution in [3.8, 4) is 5.75 Å². The Kier molecular flexibility index (Phi) is 4.20. The maximum Gasteiger partial charge on any atom is 0.223 e. The van der Waals surface area contributed by atoms with Gasteiger partial charge >= 0.3 is 0 Å². The summed E-state index contributed by atoms with van der Waals surface area (Å²) in [6, 6.07) is 7.93. The highest BCUT2D eigenvalue weighted by Gasteiger charge is 2.27. The van der Waals surface area contributed by atoms with E-state index >= 15 is 0 Å². The zero-order chi connectivity index (χ0) is 13.0. The number of carbonyl (C=O) groups excluding carboxylic acids is 1. The quantitative estimate of drug-likeness (QED) is 0.851. The third-order valence-electron chi connectivity index (χ3n) is 3.28. The van der Waals surface area contributed by atoms with Gasteiger partial charge in [-0.1, -0.05) is 17.7 Å². The molecule has 4 heteroatoms. The zero-order valence-electron chi connectivity index (χ0n) is 10.8. The van der Waals surface area contributed by atoms with Crippen LogP contribution in [0.15, 0.2) is 24.3 Å². The first-order valence-electron chi connectivity index (χ1n) is 6.36. The standard InChI is InChI=1S/C14H20N2O2/c1-11-2-4-13(5-3-11)18-7-6-16-10-12(9-15)8-14(16)17/h2-5,12H,6-10,15H2,1H3. The van der Waals surface area contributed by atoms with Gasteiger partial charge in [-0.2, -0.15) is 0 Å². The number of hydrogen-bond donors (Lipinski definition) is 1. The number of rotatable bonds is 5. The van der Waals surface area contributed by atoms with Crippen molar-refractivity contribution in [3.63, 3.8) is 0 Å². The Morgan fingerprint density at radius 1 is 1.39 bits per heavy atom. The molecule has 0 aromatic heterocycles. The van der Waals surface area contributed by atoms with Gasteiger partial charge in [0.15, 0.2) is 0 Å². The Labute approximate surface area is 108 Å². The lowest BCUT2D eigenvalue weighted by molar-refractivity contribution is -0.128. The van der Waals surface area contributed by atoms with Crippen LogP contribution in [-0.2, 0) is 4.79 Å². The van der Waals surface area contributed by atoms with Gasteiger partial charge in [0.25, 0.3) is 0 Å². The molecule has 1 aliphatic rings. The van der Waals surface area contributed by atoms with Crippen molar-refractivity contribution in [2.24, 2.45) is 11.7 Å². The zero-order valence-corrected chi connectivity index (χ0v) is 10.8. The topological polar surface area (TPSA) is 55.6 Å². The summed E-state index contributed by atoms with van der Waals surface area (Å²) in [5.74, 6) is 1.36. The average molecular weight is 248 g/mol. The van der Waals surface area contributed by atoms with E-state index in [1.165, 1.54) is 5.56 Å². The fraction of sp³-hybridized carbons (Fsp3) is 0.500. The lowest BCUT2D eigenvalue weighted by Gasteiger charge is -2.16. The second kappa shape index (κ2) is 5.87. The molecule has 2 rings (SSSR count). The van der Waals surface area contributed by atoms with Gasteiger partial charge in [-0.3, -0.25) is 4.79 Å². The second-order valence-electron chi connectivity index (χ2n) is 4.81. The van der Waals surface area contributed by atoms with Crippen LogP contribution >= 0.6 is 0 Å². The van der Waals surface area contributed by atoms with Crippen molar-refractivity contribution in [1.29, 1.82) is 0 Å². The third-order valence-corrected chi connectivity index (χ3v) is 3.28. The molecule has 1 heterocycles. The molecule has 4 nitrogen and oxygen atoms in total. The molecule has 2 N–H and O–H groups in total. The van der Waals surface area contributed by atoms with Crippen LogP contribution in [0.2, 0.25) is 0 Å². The van der Waals surface area contributed by atoms with E-state index in [4.69, 9.17) is 10.5 Å². The van der Waals surface area contributed by atoms with Gasteiger partial charge in [0.2, 0.25) is 5.91 Å². The van der Waals surface area contributed by atoms with Gasteiger partial charge < -0.3 is 15.4 Å². The molecule has 0 spiro atoms. The minimum atomic E-state index is 0.193. The number of benzene rings is 1. The van der Waals surface area contributed by atoms with Crippen LogP contribution in [0.1, 0.15) is 12.0 Å². The first-order chi connectivity index (χ1) is 8.69. The fourth-order valence-electron chi connectivity index (χ4n) is 2.14. The lowest BCUT2D eigenvalue weighted by Crippen LogP contribution is -2.30. The SMILES string of the molecule is Cc1ccc(OCCN2CC(CN)CC2=O)cc1. The van der Waals surface area contributed by atoms with Gasteiger partial charge in [0.05, 0.1) is 6.54 Å². The highest BCUT2D eigenvalue weighted by molar-refractivity contribution is 5.78. The maximum absolute atomic E-state index is 11.6. The summed E-state index contributed by atoms with van der Waals surface area (Å²) in [5.41, 5.74) is 6.79. The van der Waals surface area contributed by atoms with E-state index in [0.717, 1.165) is 12.3 Å². The number of hydrogen-bond acceptors (Lipinski definition) is 3. The molecular formula is C14H20N2O2. The van der Waals surface area contributed by atoms with Gasteiger partial charge in [-0.05, 0) is 31.5 Å². The van der Waals surface area contributed by atoms with Crippen LogP contribution in [0, 0.1) is 12.8 Å². The average Bonchev–Trinajstić information content (AvgIpc) is 2.73. The fourth-order valence-corrected chi connectivity index (χ4v) is 2.14. The molecule has 1 aromatic rings. The summed E-state index contributed by atoms with van der Waals surface area (Å²) in [4.78, 5) is 13.5. The summed E-state index contributed by atoms with van der Waals surface area (Å²) >= 11 is 0. The molecule has 1 unspecified atom stereocenters. The summed E-state index contributed by atoms with van der Waals surface area (Å²) in [6.07, 6.45) is 0.584. The molecule has 1 aliphatic heterocycles. The van der Waals surface area contributed by atoms with Gasteiger partial charge in [0.1, 0.15) is 12.4 Å². The van der Waals surface area contributed by atoms with E-state index in [1.807, 2.05) is 36.1 Å². The Morgan fingerprint density at radius 3 is 2.72 bits per heavy atom. The summed E-state index contributed by atoms with van der Waals surface area (Å²) in [5, 5.41) is 0. The molecule has 1 atom stereocenters. The molecule has 0 saturated carbocycles. The van der Waals surface area contributed by atoms with Crippen LogP contribution in [0.25, 0.3) is 0 Å². The van der Waals surface area contributed by atoms with Gasteiger partial charge in [0, 0.05) is 13.0 Å². The van der Waals surface area contributed by atoms with Crippen LogP contribution in [0.3, 0.4) is 0 Å². The van der Waals surface area contributed by atoms with Gasteiger partial charge in [-0.15, -0.1) is 0 Å². The molecule has 1 saturated heterocycles. The Morgan fingerprint density at radius 2 is 2.11 bits per heavy atom. The largest absolute Gasteiger partial charge is 0.492 e. The molecule has 1 fully saturated rings. The minimum absolute atomic E-state index is 0.193. The highest BCUT2D eigenvalue weighted by atomic mass is 16.5. The van der Waals surface area contributed by atoms with E-state index in [0.29, 0.717) is 32.0 Å². The minimum Gasteiger partial charge on any atom is -0.492 e. The van der Waals surface area contributed by atoms with E-state index < -0.39 is 0 Å². The summed E-state index contributed by atoms with van der Waals surface area (Å²) in [6.45, 7) is 4.57. The molecule has 1 amide bonds. The maximum atomic E-state index is 11.6. The normalized spacial score (nSPS) is 19.3. The summed E-state index contributed by atoms with van der Waals surface area (Å²) < 4.78 is 5.61. The van der Waals surface area contributed by atoms with Crippen molar-refractivity contribution in [2.75, 3.05) is 26.2 Å². The highest BCUT2D eigenvalue weighted by Crippen LogP contribution is 2.16. The van der Waals surface area contributed by atoms with E-state index in [9.17, 15) is 4.79 Å². The number of aryl methyl sites for hydroxylation is 1. The van der Waals surface area contributed by atoms with E-state index in [-0.39, 0.29) is 5.91 Å². The van der Waals surface area contributed by atoms with E-state index in [1.54, 1.807) is 0 Å². The number of carbonyl (C=O) groups is 1. The Bertz CT molecular complexity index is 403. The number of nitrogens with zero attached hydrogens (tertiary/aromatic N) is 1. The molecule has 98 valence electrons. The molecule has 0 radical (unpaired) electrons. The molecule has 0 bridgehead atoms. The summed E-state index contributed by atoms with van der Waals surface area (Å²) in [7, 11) is 0. The van der Waals surface area contributed by atoms with Crippen molar-refractivity contribution >= 4 is 5.91 Å². The monoisotopic (exact) mass is 248 g/mol. The van der Waals surface area contributed by atoms with Crippen LogP contribution in [-0.4, -0.2) is 37.0 Å². The second-order valence-corrected chi connectivity index (χ2v) is 4.81. The third kappa shape index (κ3) is 3.23. The smallest absolute Gasteiger partial charge is 0.223 e. The predicted molar refractivity (Wildman–Crippen MR) is 70.4 cm³/mol. The first kappa shape index (κ1) is 12.9. The van der Waals surface area contributed by atoms with Gasteiger partial charge in [-0.25, -0.2) is 0 Å². The number of nitrogens with two attached hydrogens (primary N) is 1. The number of amides is 1. The molecule has 0 aliphatic carbocycles. The number of ether oxygens (including phenoxy) is 1. The number of likely N-dealkylation sites (tertiary alicyclic amines) is 1. The first-order valence-corrected chi connectivity index (χ1v) is 6.36. The predicted octanol–water partition coefficient (Wildman–Crippen LogP) is 1.18. The lowest BCUT2D eigenvalue weighted by atomic mass is 10.1. The van der Waals surface area contributed by atoms with Crippen molar-refractivity contribution in [3.05, 3.63) is 29.8 Å². The van der Waals surface area contributed by atoms with Crippen LogP contribution in [0.4, 0.5) is 0 Å². The van der Waals surface area contributed by atoms with Crippen LogP contribution in [0.5, 0.6) is 5.75 Å². The van der Waals surface area contributed by atoms with E-state index in [2.05, 4.69) is 0 Å². The van der Waals surface area contributed by atoms with Crippen molar-refractivity contribution in [1.82, 2.24) is 4.90 Å². The molecule has 1 aromatic carbocycles. The Hall–Kier alpha value is -1.55. The van der Waals surface area contributed by atoms with Crippen molar-refractivity contribution in [2.45, 2.75) is 13.3 Å². The molecular weight excluding hydrogens is 228 g/mol. The Balaban J connectivity index is 1.75. The van der Waals surface area contributed by atoms with Crippen molar-refractivity contribution < 1.29 is 9.53 Å².